The Labute approximate surface area is 160 Å². The molecule has 0 aliphatic carbocycles. The number of fused-ring (bicyclic) bond motifs is 2. The van der Waals surface area contributed by atoms with Crippen molar-refractivity contribution in [3.63, 3.8) is 0 Å². The largest absolute Gasteiger partial charge is 0.440 e. The van der Waals surface area contributed by atoms with E-state index in [-0.39, 0.29) is 11.8 Å². The zero-order valence-electron chi connectivity index (χ0n) is 14.5. The first-order valence-electron chi connectivity index (χ1n) is 8.96. The number of para-hydroxylation sites is 1. The van der Waals surface area contributed by atoms with Crippen LogP contribution in [0.1, 0.15) is 35.0 Å². The Morgan fingerprint density at radius 2 is 2.07 bits per heavy atom. The molecule has 5 rings (SSSR count). The number of H-pyrrole nitrogens is 1. The van der Waals surface area contributed by atoms with E-state index < -0.39 is 0 Å². The standard InChI is InChI=1S/C20H17ClN4O2/c21-14-4-5-17-16(10-14)23-19(27-17)12-6-8-25(9-7-12)20(26)15-3-1-2-13-11-22-24-18(13)15/h1-5,10-12H,6-9H2,(H,22,24). The molecule has 1 aliphatic rings. The average Bonchev–Trinajstić information content (AvgIpc) is 3.33. The highest BCUT2D eigenvalue weighted by atomic mass is 35.5. The molecule has 0 radical (unpaired) electrons. The van der Waals surface area contributed by atoms with E-state index in [9.17, 15) is 4.79 Å². The monoisotopic (exact) mass is 380 g/mol. The van der Waals surface area contributed by atoms with Crippen molar-refractivity contribution in [1.29, 1.82) is 0 Å². The highest BCUT2D eigenvalue weighted by Crippen LogP contribution is 2.31. The Kier molecular flexibility index (Phi) is 3.86. The molecule has 2 aromatic carbocycles. The second-order valence-corrected chi connectivity index (χ2v) is 7.31. The fourth-order valence-electron chi connectivity index (χ4n) is 3.74. The quantitative estimate of drug-likeness (QED) is 0.560. The van der Waals surface area contributed by atoms with Crippen LogP contribution >= 0.6 is 11.6 Å². The van der Waals surface area contributed by atoms with Crippen LogP contribution in [-0.2, 0) is 0 Å². The summed E-state index contributed by atoms with van der Waals surface area (Å²) in [5.41, 5.74) is 2.99. The van der Waals surface area contributed by atoms with Crippen LogP contribution in [0.15, 0.2) is 47.0 Å². The average molecular weight is 381 g/mol. The van der Waals surface area contributed by atoms with Crippen molar-refractivity contribution in [2.75, 3.05) is 13.1 Å². The number of rotatable bonds is 2. The second kappa shape index (κ2) is 6.39. The molecule has 1 N–H and O–H groups in total. The lowest BCUT2D eigenvalue weighted by atomic mass is 9.96. The van der Waals surface area contributed by atoms with Gasteiger partial charge < -0.3 is 9.32 Å². The van der Waals surface area contributed by atoms with Gasteiger partial charge in [0.1, 0.15) is 5.52 Å². The number of carbonyl (C=O) groups is 1. The SMILES string of the molecule is O=C(c1cccc2cn[nH]c12)N1CCC(c2nc3cc(Cl)ccc3o2)CC1. The van der Waals surface area contributed by atoms with Gasteiger partial charge in [-0.05, 0) is 37.1 Å². The number of carbonyl (C=O) groups excluding carboxylic acids is 1. The molecule has 0 bridgehead atoms. The van der Waals surface area contributed by atoms with E-state index in [4.69, 9.17) is 16.0 Å². The molecule has 0 atom stereocenters. The maximum absolute atomic E-state index is 13.0. The summed E-state index contributed by atoms with van der Waals surface area (Å²) in [6, 6.07) is 11.1. The van der Waals surface area contributed by atoms with Gasteiger partial charge in [0, 0.05) is 29.4 Å². The molecule has 4 aromatic rings. The molecule has 3 heterocycles. The van der Waals surface area contributed by atoms with Gasteiger partial charge in [-0.3, -0.25) is 9.89 Å². The third kappa shape index (κ3) is 2.86. The zero-order valence-corrected chi connectivity index (χ0v) is 15.2. The minimum absolute atomic E-state index is 0.0349. The number of nitrogens with one attached hydrogen (secondary N) is 1. The molecule has 0 unspecified atom stereocenters. The fourth-order valence-corrected chi connectivity index (χ4v) is 3.91. The number of benzene rings is 2. The highest BCUT2D eigenvalue weighted by molar-refractivity contribution is 6.31. The number of halogens is 1. The zero-order chi connectivity index (χ0) is 18.4. The lowest BCUT2D eigenvalue weighted by molar-refractivity contribution is 0.0708. The van der Waals surface area contributed by atoms with Crippen molar-refractivity contribution >= 4 is 39.5 Å². The number of hydrogen-bond donors (Lipinski definition) is 1. The summed E-state index contributed by atoms with van der Waals surface area (Å²) >= 11 is 6.03. The fraction of sp³-hybridized carbons (Fsp3) is 0.250. The molecule has 27 heavy (non-hydrogen) atoms. The van der Waals surface area contributed by atoms with E-state index in [1.165, 1.54) is 0 Å². The predicted molar refractivity (Wildman–Crippen MR) is 103 cm³/mol. The van der Waals surface area contributed by atoms with E-state index in [0.717, 1.165) is 40.7 Å². The topological polar surface area (TPSA) is 75.0 Å². The number of hydrogen-bond acceptors (Lipinski definition) is 4. The molecule has 0 spiro atoms. The van der Waals surface area contributed by atoms with Gasteiger partial charge in [0.15, 0.2) is 11.5 Å². The Hall–Kier alpha value is -2.86. The van der Waals surface area contributed by atoms with Crippen molar-refractivity contribution in [2.45, 2.75) is 18.8 Å². The Morgan fingerprint density at radius 1 is 1.22 bits per heavy atom. The Morgan fingerprint density at radius 3 is 2.93 bits per heavy atom. The van der Waals surface area contributed by atoms with Crippen LogP contribution in [-0.4, -0.2) is 39.1 Å². The van der Waals surface area contributed by atoms with Crippen molar-refractivity contribution in [1.82, 2.24) is 20.1 Å². The molecule has 1 fully saturated rings. The van der Waals surface area contributed by atoms with E-state index in [1.54, 1.807) is 12.3 Å². The summed E-state index contributed by atoms with van der Waals surface area (Å²) < 4.78 is 5.90. The first-order chi connectivity index (χ1) is 13.2. The summed E-state index contributed by atoms with van der Waals surface area (Å²) in [6.45, 7) is 1.35. The van der Waals surface area contributed by atoms with Crippen LogP contribution in [0, 0.1) is 0 Å². The van der Waals surface area contributed by atoms with Gasteiger partial charge in [-0.1, -0.05) is 23.7 Å². The minimum Gasteiger partial charge on any atom is -0.440 e. The van der Waals surface area contributed by atoms with Gasteiger partial charge in [-0.25, -0.2) is 4.98 Å². The molecule has 1 saturated heterocycles. The maximum atomic E-state index is 13.0. The number of likely N-dealkylation sites (tertiary alicyclic amines) is 1. The summed E-state index contributed by atoms with van der Waals surface area (Å²) in [4.78, 5) is 19.4. The normalized spacial score (nSPS) is 15.7. The third-order valence-electron chi connectivity index (χ3n) is 5.20. The van der Waals surface area contributed by atoms with E-state index in [0.29, 0.717) is 23.7 Å². The molecule has 1 aliphatic heterocycles. The van der Waals surface area contributed by atoms with Crippen LogP contribution in [0.5, 0.6) is 0 Å². The smallest absolute Gasteiger partial charge is 0.256 e. The summed E-state index contributed by atoms with van der Waals surface area (Å²) in [6.07, 6.45) is 3.38. The van der Waals surface area contributed by atoms with Crippen molar-refractivity contribution in [2.24, 2.45) is 0 Å². The summed E-state index contributed by atoms with van der Waals surface area (Å²) in [5.74, 6) is 0.978. The molecule has 7 heteroatoms. The van der Waals surface area contributed by atoms with E-state index >= 15 is 0 Å². The number of nitrogens with zero attached hydrogens (tertiary/aromatic N) is 3. The molecule has 0 saturated carbocycles. The number of amides is 1. The van der Waals surface area contributed by atoms with E-state index in [1.807, 2.05) is 35.2 Å². The molecule has 6 nitrogen and oxygen atoms in total. The van der Waals surface area contributed by atoms with Crippen LogP contribution in [0.25, 0.3) is 22.0 Å². The van der Waals surface area contributed by atoms with Crippen LogP contribution in [0.4, 0.5) is 0 Å². The number of oxazole rings is 1. The second-order valence-electron chi connectivity index (χ2n) is 6.87. The van der Waals surface area contributed by atoms with Gasteiger partial charge >= 0.3 is 0 Å². The molecule has 2 aromatic heterocycles. The lowest BCUT2D eigenvalue weighted by Gasteiger charge is -2.30. The van der Waals surface area contributed by atoms with Crippen molar-refractivity contribution in [3.8, 4) is 0 Å². The predicted octanol–water partition coefficient (Wildman–Crippen LogP) is 4.38. The van der Waals surface area contributed by atoms with Gasteiger partial charge in [-0.2, -0.15) is 5.10 Å². The molecule has 136 valence electrons. The van der Waals surface area contributed by atoms with Crippen molar-refractivity contribution < 1.29 is 9.21 Å². The summed E-state index contributed by atoms with van der Waals surface area (Å²) in [7, 11) is 0. The highest BCUT2D eigenvalue weighted by Gasteiger charge is 2.28. The number of piperidine rings is 1. The minimum atomic E-state index is 0.0349. The van der Waals surface area contributed by atoms with Gasteiger partial charge in [0.25, 0.3) is 5.91 Å². The third-order valence-corrected chi connectivity index (χ3v) is 5.44. The van der Waals surface area contributed by atoms with E-state index in [2.05, 4.69) is 15.2 Å². The summed E-state index contributed by atoms with van der Waals surface area (Å²) in [5, 5.41) is 8.57. The van der Waals surface area contributed by atoms with Gasteiger partial charge in [-0.15, -0.1) is 0 Å². The Bertz CT molecular complexity index is 1140. The first-order valence-corrected chi connectivity index (χ1v) is 9.34. The first kappa shape index (κ1) is 16.3. The molecular formula is C20H17ClN4O2. The van der Waals surface area contributed by atoms with Crippen molar-refractivity contribution in [3.05, 3.63) is 59.1 Å². The number of aromatic nitrogens is 3. The number of aromatic amines is 1. The molecule has 1 amide bonds. The Balaban J connectivity index is 1.33. The van der Waals surface area contributed by atoms with Gasteiger partial charge in [0.05, 0.1) is 17.3 Å². The van der Waals surface area contributed by atoms with Crippen LogP contribution in [0.3, 0.4) is 0 Å². The van der Waals surface area contributed by atoms with Crippen LogP contribution < -0.4 is 0 Å². The molecular weight excluding hydrogens is 364 g/mol. The van der Waals surface area contributed by atoms with Crippen LogP contribution in [0.2, 0.25) is 5.02 Å². The van der Waals surface area contributed by atoms with Gasteiger partial charge in [0.2, 0.25) is 0 Å². The maximum Gasteiger partial charge on any atom is 0.256 e. The lowest BCUT2D eigenvalue weighted by Crippen LogP contribution is -2.38.